The van der Waals surface area contributed by atoms with Crippen LogP contribution in [-0.2, 0) is 0 Å². The lowest BCUT2D eigenvalue weighted by Crippen LogP contribution is -2.46. The molecule has 3 atom stereocenters. The molecule has 2 rings (SSSR count). The van der Waals surface area contributed by atoms with Gasteiger partial charge in [0.25, 0.3) is 0 Å². The SMILES string of the molecule is CC(C)C1CN(C(C)C)c2cc(C(O)C(C)N)ccc2O1. The number of benzene rings is 1. The normalized spacial score (nSPS) is 21.2. The van der Waals surface area contributed by atoms with Gasteiger partial charge in [0, 0.05) is 12.1 Å². The summed E-state index contributed by atoms with van der Waals surface area (Å²) in [6.07, 6.45) is -0.448. The van der Waals surface area contributed by atoms with E-state index in [4.69, 9.17) is 10.5 Å². The molecule has 1 aromatic rings. The van der Waals surface area contributed by atoms with E-state index in [1.165, 1.54) is 0 Å². The Hall–Kier alpha value is -1.26. The minimum atomic E-state index is -0.646. The molecule has 3 N–H and O–H groups in total. The lowest BCUT2D eigenvalue weighted by atomic mass is 9.99. The number of aliphatic hydroxyl groups excluding tert-OH is 1. The molecule has 1 aliphatic heterocycles. The van der Waals surface area contributed by atoms with Gasteiger partial charge in [-0.3, -0.25) is 0 Å². The highest BCUT2D eigenvalue weighted by molar-refractivity contribution is 5.62. The number of anilines is 1. The standard InChI is InChI=1S/C17H28N2O2/c1-10(2)16-9-19(11(3)4)14-8-13(17(20)12(5)18)6-7-15(14)21-16/h6-8,10-12,16-17,20H,9,18H2,1-5H3. The van der Waals surface area contributed by atoms with Crippen molar-refractivity contribution in [3.63, 3.8) is 0 Å². The third kappa shape index (κ3) is 3.33. The van der Waals surface area contributed by atoms with Crippen LogP contribution in [-0.4, -0.2) is 29.8 Å². The molecule has 0 bridgehead atoms. The molecule has 0 saturated heterocycles. The summed E-state index contributed by atoms with van der Waals surface area (Å²) in [5.41, 5.74) is 7.71. The third-order valence-corrected chi connectivity index (χ3v) is 4.15. The van der Waals surface area contributed by atoms with Crippen LogP contribution in [0, 0.1) is 5.92 Å². The first kappa shape index (κ1) is 16.1. The van der Waals surface area contributed by atoms with Crippen molar-refractivity contribution in [2.24, 2.45) is 11.7 Å². The number of rotatable bonds is 4. The van der Waals surface area contributed by atoms with Gasteiger partial charge in [0.05, 0.1) is 18.3 Å². The van der Waals surface area contributed by atoms with Gasteiger partial charge in [0.15, 0.2) is 0 Å². The molecule has 21 heavy (non-hydrogen) atoms. The van der Waals surface area contributed by atoms with E-state index in [0.717, 1.165) is 23.5 Å². The Labute approximate surface area is 127 Å². The summed E-state index contributed by atoms with van der Waals surface area (Å²) in [4.78, 5) is 2.35. The second kappa shape index (κ2) is 6.24. The molecule has 118 valence electrons. The first-order valence-electron chi connectivity index (χ1n) is 7.82. The van der Waals surface area contributed by atoms with E-state index in [1.807, 2.05) is 25.1 Å². The summed E-state index contributed by atoms with van der Waals surface area (Å²) in [7, 11) is 0. The molecule has 0 spiro atoms. The van der Waals surface area contributed by atoms with Gasteiger partial charge in [0.2, 0.25) is 0 Å². The van der Waals surface area contributed by atoms with Gasteiger partial charge in [-0.05, 0) is 44.4 Å². The zero-order valence-electron chi connectivity index (χ0n) is 13.7. The molecule has 1 aromatic carbocycles. The predicted octanol–water partition coefficient (Wildman–Crippen LogP) is 2.70. The Morgan fingerprint density at radius 3 is 2.43 bits per heavy atom. The maximum Gasteiger partial charge on any atom is 0.143 e. The average Bonchev–Trinajstić information content (AvgIpc) is 2.44. The third-order valence-electron chi connectivity index (χ3n) is 4.15. The van der Waals surface area contributed by atoms with Gasteiger partial charge in [-0.15, -0.1) is 0 Å². The van der Waals surface area contributed by atoms with Gasteiger partial charge < -0.3 is 20.5 Å². The van der Waals surface area contributed by atoms with Gasteiger partial charge in [0.1, 0.15) is 11.9 Å². The number of nitrogens with two attached hydrogens (primary N) is 1. The van der Waals surface area contributed by atoms with E-state index >= 15 is 0 Å². The number of aliphatic hydroxyl groups is 1. The Kier molecular flexibility index (Phi) is 4.79. The van der Waals surface area contributed by atoms with Crippen molar-refractivity contribution in [3.8, 4) is 5.75 Å². The molecule has 0 amide bonds. The molecule has 0 aliphatic carbocycles. The van der Waals surface area contributed by atoms with Crippen molar-refractivity contribution in [2.45, 2.75) is 58.9 Å². The fraction of sp³-hybridized carbons (Fsp3) is 0.647. The molecule has 0 aromatic heterocycles. The van der Waals surface area contributed by atoms with E-state index < -0.39 is 6.10 Å². The van der Waals surface area contributed by atoms with Crippen LogP contribution in [0.2, 0.25) is 0 Å². The fourth-order valence-electron chi connectivity index (χ4n) is 2.67. The van der Waals surface area contributed by atoms with Crippen molar-refractivity contribution in [2.75, 3.05) is 11.4 Å². The van der Waals surface area contributed by atoms with Crippen molar-refractivity contribution in [1.29, 1.82) is 0 Å². The van der Waals surface area contributed by atoms with E-state index in [9.17, 15) is 5.11 Å². The molecule has 4 nitrogen and oxygen atoms in total. The number of ether oxygens (including phenoxy) is 1. The van der Waals surface area contributed by atoms with Crippen molar-refractivity contribution in [3.05, 3.63) is 23.8 Å². The first-order valence-corrected chi connectivity index (χ1v) is 7.82. The maximum absolute atomic E-state index is 10.2. The smallest absolute Gasteiger partial charge is 0.143 e. The van der Waals surface area contributed by atoms with Crippen LogP contribution in [0.25, 0.3) is 0 Å². The van der Waals surface area contributed by atoms with Crippen LogP contribution in [0.4, 0.5) is 5.69 Å². The highest BCUT2D eigenvalue weighted by Gasteiger charge is 2.30. The van der Waals surface area contributed by atoms with Gasteiger partial charge in [-0.2, -0.15) is 0 Å². The summed E-state index contributed by atoms with van der Waals surface area (Å²) >= 11 is 0. The highest BCUT2D eigenvalue weighted by Crippen LogP contribution is 2.38. The summed E-state index contributed by atoms with van der Waals surface area (Å²) in [6, 6.07) is 5.98. The van der Waals surface area contributed by atoms with E-state index in [0.29, 0.717) is 12.0 Å². The lowest BCUT2D eigenvalue weighted by Gasteiger charge is -2.40. The second-order valence-corrected chi connectivity index (χ2v) is 6.68. The summed E-state index contributed by atoms with van der Waals surface area (Å²) < 4.78 is 6.11. The van der Waals surface area contributed by atoms with Gasteiger partial charge in [-0.25, -0.2) is 0 Å². The molecule has 4 heteroatoms. The number of nitrogens with zero attached hydrogens (tertiary/aromatic N) is 1. The Balaban J connectivity index is 2.38. The number of hydrogen-bond donors (Lipinski definition) is 2. The van der Waals surface area contributed by atoms with Crippen molar-refractivity contribution >= 4 is 5.69 Å². The fourth-order valence-corrected chi connectivity index (χ4v) is 2.67. The number of fused-ring (bicyclic) bond motifs is 1. The zero-order valence-corrected chi connectivity index (χ0v) is 13.7. The molecule has 1 heterocycles. The van der Waals surface area contributed by atoms with Crippen LogP contribution >= 0.6 is 0 Å². The molecular weight excluding hydrogens is 264 g/mol. The minimum Gasteiger partial charge on any atom is -0.486 e. The molecular formula is C17H28N2O2. The average molecular weight is 292 g/mol. The Bertz CT molecular complexity index is 486. The second-order valence-electron chi connectivity index (χ2n) is 6.68. The van der Waals surface area contributed by atoms with Gasteiger partial charge in [-0.1, -0.05) is 19.9 Å². The van der Waals surface area contributed by atoms with Crippen LogP contribution in [0.3, 0.4) is 0 Å². The van der Waals surface area contributed by atoms with E-state index in [2.05, 4.69) is 32.6 Å². The summed E-state index contributed by atoms with van der Waals surface area (Å²) in [5, 5.41) is 10.2. The van der Waals surface area contributed by atoms with Crippen LogP contribution < -0.4 is 15.4 Å². The Morgan fingerprint density at radius 1 is 1.24 bits per heavy atom. The monoisotopic (exact) mass is 292 g/mol. The first-order chi connectivity index (χ1) is 9.81. The van der Waals surface area contributed by atoms with Crippen LogP contribution in [0.5, 0.6) is 5.75 Å². The molecule has 0 saturated carbocycles. The van der Waals surface area contributed by atoms with E-state index in [-0.39, 0.29) is 12.1 Å². The minimum absolute atomic E-state index is 0.198. The Morgan fingerprint density at radius 2 is 1.90 bits per heavy atom. The quantitative estimate of drug-likeness (QED) is 0.896. The lowest BCUT2D eigenvalue weighted by molar-refractivity contribution is 0.141. The van der Waals surface area contributed by atoms with Gasteiger partial charge >= 0.3 is 0 Å². The van der Waals surface area contributed by atoms with E-state index in [1.54, 1.807) is 0 Å². The zero-order chi connectivity index (χ0) is 15.7. The molecule has 1 aliphatic rings. The predicted molar refractivity (Wildman–Crippen MR) is 86.8 cm³/mol. The van der Waals surface area contributed by atoms with Crippen LogP contribution in [0.1, 0.15) is 46.3 Å². The van der Waals surface area contributed by atoms with Crippen LogP contribution in [0.15, 0.2) is 18.2 Å². The van der Waals surface area contributed by atoms with Crippen molar-refractivity contribution in [1.82, 2.24) is 0 Å². The summed E-state index contributed by atoms with van der Waals surface area (Å²) in [6.45, 7) is 11.4. The highest BCUT2D eigenvalue weighted by atomic mass is 16.5. The summed E-state index contributed by atoms with van der Waals surface area (Å²) in [5.74, 6) is 1.36. The largest absolute Gasteiger partial charge is 0.486 e. The molecule has 0 fully saturated rings. The maximum atomic E-state index is 10.2. The molecule has 3 unspecified atom stereocenters. The van der Waals surface area contributed by atoms with Crippen molar-refractivity contribution < 1.29 is 9.84 Å². The molecule has 0 radical (unpaired) electrons. The topological polar surface area (TPSA) is 58.7 Å². The number of hydrogen-bond acceptors (Lipinski definition) is 4.